The number of carbonyl (C=O) groups excluding carboxylic acids is 2. The first-order chi connectivity index (χ1) is 35.5. The normalized spacial score (nSPS) is 12.8. The average molecular weight is 1010 g/mol. The number of nitrogens with one attached hydrogen (secondary N) is 1. The Hall–Kier alpha value is -1.92. The number of amides is 1. The third-order valence-electron chi connectivity index (χ3n) is 14.9. The number of carbonyl (C=O) groups is 2. The van der Waals surface area contributed by atoms with Gasteiger partial charge < -0.3 is 20.3 Å². The van der Waals surface area contributed by atoms with Gasteiger partial charge in [0, 0.05) is 12.8 Å². The van der Waals surface area contributed by atoms with Crippen molar-refractivity contribution in [1.29, 1.82) is 0 Å². The summed E-state index contributed by atoms with van der Waals surface area (Å²) in [5.41, 5.74) is 0. The molecule has 0 fully saturated rings. The molecule has 1 amide bonds. The van der Waals surface area contributed by atoms with Gasteiger partial charge in [0.25, 0.3) is 0 Å². The number of hydrogen-bond donors (Lipinski definition) is 3. The molecule has 0 heterocycles. The molecule has 6 nitrogen and oxygen atoms in total. The predicted molar refractivity (Wildman–Crippen MR) is 315 cm³/mol. The molecule has 72 heavy (non-hydrogen) atoms. The summed E-state index contributed by atoms with van der Waals surface area (Å²) in [5.74, 6) is -0.0589. The van der Waals surface area contributed by atoms with Gasteiger partial charge in [-0.05, 0) is 83.5 Å². The van der Waals surface area contributed by atoms with Gasteiger partial charge in [0.05, 0.1) is 25.4 Å². The van der Waals surface area contributed by atoms with Crippen LogP contribution in [-0.2, 0) is 14.3 Å². The zero-order valence-electron chi connectivity index (χ0n) is 48.4. The van der Waals surface area contributed by atoms with E-state index in [1.165, 1.54) is 276 Å². The van der Waals surface area contributed by atoms with Crippen molar-refractivity contribution in [2.75, 3.05) is 13.2 Å². The third kappa shape index (κ3) is 57.4. The molecular formula is C66H125NO5. The molecule has 2 unspecified atom stereocenters. The van der Waals surface area contributed by atoms with E-state index in [1.54, 1.807) is 6.08 Å². The average Bonchev–Trinajstić information content (AvgIpc) is 3.38. The van der Waals surface area contributed by atoms with Crippen LogP contribution in [0.1, 0.15) is 348 Å². The first kappa shape index (κ1) is 70.1. The molecule has 0 aliphatic rings. The summed E-state index contributed by atoms with van der Waals surface area (Å²) in [6.07, 6.45) is 77.8. The number of esters is 1. The summed E-state index contributed by atoms with van der Waals surface area (Å²) < 4.78 is 5.49. The molecule has 0 rings (SSSR count). The van der Waals surface area contributed by atoms with Gasteiger partial charge in [-0.25, -0.2) is 0 Å². The summed E-state index contributed by atoms with van der Waals surface area (Å²) in [6.45, 7) is 4.89. The van der Waals surface area contributed by atoms with E-state index in [-0.39, 0.29) is 18.5 Å². The second-order valence-corrected chi connectivity index (χ2v) is 22.1. The summed E-state index contributed by atoms with van der Waals surface area (Å²) >= 11 is 0. The van der Waals surface area contributed by atoms with Gasteiger partial charge in [0.15, 0.2) is 0 Å². The van der Waals surface area contributed by atoms with Gasteiger partial charge in [-0.3, -0.25) is 9.59 Å². The number of hydrogen-bond acceptors (Lipinski definition) is 5. The summed E-state index contributed by atoms with van der Waals surface area (Å²) in [4.78, 5) is 24.5. The zero-order chi connectivity index (χ0) is 52.2. The van der Waals surface area contributed by atoms with Gasteiger partial charge in [-0.2, -0.15) is 0 Å². The Morgan fingerprint density at radius 1 is 0.375 bits per heavy atom. The topological polar surface area (TPSA) is 95.9 Å². The SMILES string of the molecule is CCCCCCCC/C=C\CCCCCCCC(=O)OCCCCCCCCCCCCCC/C=C\CCCCCCCCCCCCCCCCC(=O)NC(CO)C(O)/C=C/CCCCCCCCCC. The lowest BCUT2D eigenvalue weighted by molar-refractivity contribution is -0.143. The highest BCUT2D eigenvalue weighted by Crippen LogP contribution is 2.17. The Morgan fingerprint density at radius 2 is 0.653 bits per heavy atom. The fourth-order valence-corrected chi connectivity index (χ4v) is 9.92. The predicted octanol–water partition coefficient (Wildman–Crippen LogP) is 20.4. The van der Waals surface area contributed by atoms with Crippen molar-refractivity contribution >= 4 is 11.9 Å². The van der Waals surface area contributed by atoms with Crippen LogP contribution in [0.15, 0.2) is 36.5 Å². The van der Waals surface area contributed by atoms with Crippen LogP contribution < -0.4 is 5.32 Å². The molecule has 0 aromatic carbocycles. The molecule has 0 aliphatic heterocycles. The van der Waals surface area contributed by atoms with Crippen molar-refractivity contribution in [3.05, 3.63) is 36.5 Å². The van der Waals surface area contributed by atoms with Crippen LogP contribution >= 0.6 is 0 Å². The number of aliphatic hydroxyl groups excluding tert-OH is 2. The van der Waals surface area contributed by atoms with E-state index < -0.39 is 12.1 Å². The van der Waals surface area contributed by atoms with E-state index in [9.17, 15) is 19.8 Å². The number of allylic oxidation sites excluding steroid dienone is 5. The molecule has 3 N–H and O–H groups in total. The summed E-state index contributed by atoms with van der Waals surface area (Å²) in [5, 5.41) is 23.0. The maximum atomic E-state index is 12.4. The minimum absolute atomic E-state index is 0.00881. The van der Waals surface area contributed by atoms with E-state index in [1.807, 2.05) is 6.08 Å². The first-order valence-electron chi connectivity index (χ1n) is 32.3. The Morgan fingerprint density at radius 3 is 0.986 bits per heavy atom. The molecular weight excluding hydrogens is 887 g/mol. The van der Waals surface area contributed by atoms with Gasteiger partial charge in [-0.1, -0.05) is 288 Å². The van der Waals surface area contributed by atoms with Crippen LogP contribution in [0.2, 0.25) is 0 Å². The highest BCUT2D eigenvalue weighted by molar-refractivity contribution is 5.76. The molecule has 0 saturated heterocycles. The molecule has 6 heteroatoms. The van der Waals surface area contributed by atoms with E-state index in [4.69, 9.17) is 4.74 Å². The molecule has 424 valence electrons. The first-order valence-corrected chi connectivity index (χ1v) is 32.3. The number of unbranched alkanes of at least 4 members (excludes halogenated alkanes) is 45. The van der Waals surface area contributed by atoms with Gasteiger partial charge >= 0.3 is 5.97 Å². The van der Waals surface area contributed by atoms with E-state index in [0.717, 1.165) is 44.9 Å². The van der Waals surface area contributed by atoms with Crippen molar-refractivity contribution in [2.45, 2.75) is 360 Å². The van der Waals surface area contributed by atoms with Gasteiger partial charge in [0.1, 0.15) is 0 Å². The molecule has 0 aromatic rings. The Balaban J connectivity index is 3.35. The second-order valence-electron chi connectivity index (χ2n) is 22.1. The lowest BCUT2D eigenvalue weighted by Gasteiger charge is -2.20. The zero-order valence-corrected chi connectivity index (χ0v) is 48.4. The maximum absolute atomic E-state index is 12.4. The third-order valence-corrected chi connectivity index (χ3v) is 14.9. The maximum Gasteiger partial charge on any atom is 0.305 e. The molecule has 0 radical (unpaired) electrons. The van der Waals surface area contributed by atoms with Crippen LogP contribution in [0, 0.1) is 0 Å². The smallest absolute Gasteiger partial charge is 0.305 e. The summed E-state index contributed by atoms with van der Waals surface area (Å²) in [7, 11) is 0. The fourth-order valence-electron chi connectivity index (χ4n) is 9.92. The Kier molecular flexibility index (Phi) is 60.0. The van der Waals surface area contributed by atoms with Crippen molar-refractivity contribution in [2.24, 2.45) is 0 Å². The standard InChI is InChI=1S/C66H125NO5/c1-3-5-7-9-11-13-15-16-33-37-40-44-48-52-56-60-66(71)72-61-57-53-49-45-41-38-35-32-30-28-26-24-22-20-18-17-19-21-23-25-27-29-31-34-36-39-43-47-51-55-59-65(70)67-63(62-68)64(69)58-54-50-46-42-14-12-10-8-6-4-2/h16,18,20,33,54,58,63-64,68-69H,3-15,17,19,21-32,34-53,55-57,59-62H2,1-2H3,(H,67,70)/b20-18-,33-16-,58-54+. The quantitative estimate of drug-likeness (QED) is 0.0320. The van der Waals surface area contributed by atoms with Crippen LogP contribution in [0.25, 0.3) is 0 Å². The largest absolute Gasteiger partial charge is 0.466 e. The van der Waals surface area contributed by atoms with Crippen LogP contribution in [-0.4, -0.2) is 47.4 Å². The van der Waals surface area contributed by atoms with Gasteiger partial charge in [0.2, 0.25) is 5.91 Å². The molecule has 0 aliphatic carbocycles. The van der Waals surface area contributed by atoms with Crippen molar-refractivity contribution in [3.8, 4) is 0 Å². The summed E-state index contributed by atoms with van der Waals surface area (Å²) in [6, 6.07) is -0.625. The van der Waals surface area contributed by atoms with Crippen molar-refractivity contribution in [3.63, 3.8) is 0 Å². The van der Waals surface area contributed by atoms with Crippen LogP contribution in [0.3, 0.4) is 0 Å². The van der Waals surface area contributed by atoms with E-state index in [2.05, 4.69) is 43.5 Å². The van der Waals surface area contributed by atoms with Crippen molar-refractivity contribution in [1.82, 2.24) is 5.32 Å². The number of rotatable bonds is 60. The Labute approximate surface area is 449 Å². The highest BCUT2D eigenvalue weighted by atomic mass is 16.5. The molecule has 0 spiro atoms. The Bertz CT molecular complexity index is 1170. The van der Waals surface area contributed by atoms with Crippen molar-refractivity contribution < 1.29 is 24.5 Å². The molecule has 0 bridgehead atoms. The number of ether oxygens (including phenoxy) is 1. The van der Waals surface area contributed by atoms with Crippen LogP contribution in [0.4, 0.5) is 0 Å². The molecule has 2 atom stereocenters. The lowest BCUT2D eigenvalue weighted by atomic mass is 10.0. The molecule has 0 saturated carbocycles. The minimum Gasteiger partial charge on any atom is -0.466 e. The molecule has 0 aromatic heterocycles. The second kappa shape index (κ2) is 61.6. The van der Waals surface area contributed by atoms with E-state index in [0.29, 0.717) is 19.4 Å². The highest BCUT2D eigenvalue weighted by Gasteiger charge is 2.18. The number of aliphatic hydroxyl groups is 2. The monoisotopic (exact) mass is 1010 g/mol. The van der Waals surface area contributed by atoms with E-state index >= 15 is 0 Å². The minimum atomic E-state index is -0.841. The van der Waals surface area contributed by atoms with Gasteiger partial charge in [-0.15, -0.1) is 0 Å². The fraction of sp³-hybridized carbons (Fsp3) is 0.879. The lowest BCUT2D eigenvalue weighted by Crippen LogP contribution is -2.45. The van der Waals surface area contributed by atoms with Crippen LogP contribution in [0.5, 0.6) is 0 Å².